The van der Waals surface area contributed by atoms with Crippen molar-refractivity contribution in [3.8, 4) is 22.3 Å². The fourth-order valence-electron chi connectivity index (χ4n) is 7.15. The Morgan fingerprint density at radius 3 is 2.07 bits per heavy atom. The topological polar surface area (TPSA) is 25.2 Å². The molecule has 0 unspecified atom stereocenters. The maximum atomic E-state index is 4.99. The average molecular weight is 533 g/mol. The highest BCUT2D eigenvalue weighted by molar-refractivity contribution is 6.04. The van der Waals surface area contributed by atoms with Crippen molar-refractivity contribution in [1.29, 1.82) is 0 Å². The van der Waals surface area contributed by atoms with Gasteiger partial charge in [-0.1, -0.05) is 89.7 Å². The number of pyridine rings is 1. The van der Waals surface area contributed by atoms with Gasteiger partial charge in [0.25, 0.3) is 0 Å². The summed E-state index contributed by atoms with van der Waals surface area (Å²) < 4.78 is 0. The lowest BCUT2D eigenvalue weighted by Gasteiger charge is -2.24. The van der Waals surface area contributed by atoms with Gasteiger partial charge < -0.3 is 0 Å². The summed E-state index contributed by atoms with van der Waals surface area (Å²) in [6.45, 7) is 18.2. The van der Waals surface area contributed by atoms with Gasteiger partial charge in [0.2, 0.25) is 0 Å². The molecular formula is C39H36N2. The zero-order valence-electron chi connectivity index (χ0n) is 24.9. The van der Waals surface area contributed by atoms with Crippen molar-refractivity contribution in [2.75, 3.05) is 0 Å². The molecule has 0 saturated heterocycles. The molecule has 202 valence electrons. The molecule has 2 aliphatic carbocycles. The number of hydrogen-bond acceptors (Lipinski definition) is 2. The van der Waals surface area contributed by atoms with Crippen molar-refractivity contribution in [2.45, 2.75) is 58.8 Å². The first-order valence-corrected chi connectivity index (χ1v) is 14.7. The van der Waals surface area contributed by atoms with Gasteiger partial charge in [0.05, 0.1) is 5.70 Å². The summed E-state index contributed by atoms with van der Waals surface area (Å²) in [5.74, 6) is 0. The van der Waals surface area contributed by atoms with E-state index in [1.54, 1.807) is 0 Å². The SMILES string of the molecule is C=C(/N=C(\C)c1ccc2c(c1)C(C)(C)c1cc3c(cc1-2)C(C)(C)c1cc(CC)ccc1-3)c1cccc2ccncc12. The van der Waals surface area contributed by atoms with Crippen molar-refractivity contribution in [1.82, 2.24) is 4.98 Å². The Morgan fingerprint density at radius 2 is 1.39 bits per heavy atom. The van der Waals surface area contributed by atoms with Gasteiger partial charge in [-0.3, -0.25) is 9.98 Å². The smallest absolute Gasteiger partial charge is 0.0640 e. The Labute approximate surface area is 243 Å². The van der Waals surface area contributed by atoms with Crippen LogP contribution in [0.15, 0.2) is 96.8 Å². The third kappa shape index (κ3) is 3.70. The maximum Gasteiger partial charge on any atom is 0.0640 e. The lowest BCUT2D eigenvalue weighted by molar-refractivity contribution is 0.651. The molecule has 0 amide bonds. The van der Waals surface area contributed by atoms with Gasteiger partial charge in [-0.15, -0.1) is 0 Å². The van der Waals surface area contributed by atoms with Crippen LogP contribution in [0.3, 0.4) is 0 Å². The highest BCUT2D eigenvalue weighted by Crippen LogP contribution is 2.56. The molecule has 0 fully saturated rings. The van der Waals surface area contributed by atoms with E-state index in [1.165, 1.54) is 50.1 Å². The van der Waals surface area contributed by atoms with E-state index in [-0.39, 0.29) is 10.8 Å². The maximum absolute atomic E-state index is 4.99. The highest BCUT2D eigenvalue weighted by atomic mass is 14.8. The normalized spacial score (nSPS) is 15.8. The molecule has 0 N–H and O–H groups in total. The molecule has 41 heavy (non-hydrogen) atoms. The Balaban J connectivity index is 1.29. The fourth-order valence-corrected chi connectivity index (χ4v) is 7.15. The number of rotatable bonds is 4. The van der Waals surface area contributed by atoms with Gasteiger partial charge in [-0.2, -0.15) is 0 Å². The summed E-state index contributed by atoms with van der Waals surface area (Å²) >= 11 is 0. The van der Waals surface area contributed by atoms with E-state index >= 15 is 0 Å². The first-order chi connectivity index (χ1) is 19.6. The zero-order chi connectivity index (χ0) is 28.7. The Hall–Kier alpha value is -4.30. The van der Waals surface area contributed by atoms with Crippen LogP contribution in [-0.2, 0) is 17.3 Å². The van der Waals surface area contributed by atoms with Crippen LogP contribution in [0.5, 0.6) is 0 Å². The Bertz CT molecular complexity index is 1950. The van der Waals surface area contributed by atoms with Crippen molar-refractivity contribution in [3.63, 3.8) is 0 Å². The first-order valence-electron chi connectivity index (χ1n) is 14.7. The van der Waals surface area contributed by atoms with Crippen molar-refractivity contribution in [2.24, 2.45) is 4.99 Å². The molecular weight excluding hydrogens is 496 g/mol. The first kappa shape index (κ1) is 25.7. The summed E-state index contributed by atoms with van der Waals surface area (Å²) in [5, 5.41) is 2.22. The van der Waals surface area contributed by atoms with Crippen LogP contribution in [0.4, 0.5) is 0 Å². The van der Waals surface area contributed by atoms with Crippen LogP contribution in [0.1, 0.15) is 80.5 Å². The van der Waals surface area contributed by atoms with E-state index in [0.717, 1.165) is 39.7 Å². The van der Waals surface area contributed by atoms with Gasteiger partial charge in [0.1, 0.15) is 0 Å². The minimum atomic E-state index is -0.107. The van der Waals surface area contributed by atoms with Crippen LogP contribution in [0, 0.1) is 0 Å². The van der Waals surface area contributed by atoms with Gasteiger partial charge in [-0.25, -0.2) is 0 Å². The van der Waals surface area contributed by atoms with E-state index in [2.05, 4.69) is 120 Å². The van der Waals surface area contributed by atoms with Crippen LogP contribution >= 0.6 is 0 Å². The van der Waals surface area contributed by atoms with E-state index in [9.17, 15) is 0 Å². The van der Waals surface area contributed by atoms with Crippen molar-refractivity contribution < 1.29 is 0 Å². The molecule has 0 radical (unpaired) electrons. The van der Waals surface area contributed by atoms with E-state index in [0.29, 0.717) is 0 Å². The number of aliphatic imine (C=N–C) groups is 1. The predicted octanol–water partition coefficient (Wildman–Crippen LogP) is 9.89. The number of aryl methyl sites for hydroxylation is 1. The second kappa shape index (κ2) is 8.85. The monoisotopic (exact) mass is 532 g/mol. The molecule has 0 atom stereocenters. The summed E-state index contributed by atoms with van der Waals surface area (Å²) in [7, 11) is 0. The quantitative estimate of drug-likeness (QED) is 0.211. The lowest BCUT2D eigenvalue weighted by Crippen LogP contribution is -2.17. The van der Waals surface area contributed by atoms with E-state index in [4.69, 9.17) is 4.99 Å². The molecule has 2 nitrogen and oxygen atoms in total. The number of aromatic nitrogens is 1. The number of hydrogen-bond donors (Lipinski definition) is 0. The van der Waals surface area contributed by atoms with Gasteiger partial charge in [-0.05, 0) is 98.6 Å². The molecule has 4 aromatic carbocycles. The van der Waals surface area contributed by atoms with Crippen molar-refractivity contribution in [3.05, 3.63) is 131 Å². The van der Waals surface area contributed by atoms with Crippen LogP contribution in [0.25, 0.3) is 38.7 Å². The average Bonchev–Trinajstić information content (AvgIpc) is 3.34. The lowest BCUT2D eigenvalue weighted by atomic mass is 9.79. The van der Waals surface area contributed by atoms with E-state index in [1.807, 2.05) is 18.5 Å². The molecule has 2 aliphatic rings. The second-order valence-corrected chi connectivity index (χ2v) is 12.7. The summed E-state index contributed by atoms with van der Waals surface area (Å²) in [5.41, 5.74) is 16.3. The highest BCUT2D eigenvalue weighted by Gasteiger charge is 2.41. The third-order valence-electron chi connectivity index (χ3n) is 9.66. The van der Waals surface area contributed by atoms with Gasteiger partial charge in [0, 0.05) is 39.9 Å². The minimum absolute atomic E-state index is 0.0154. The standard InChI is InChI=1S/C39H36N2/c1-8-25-12-14-29-31-20-37-32(21-36(31)38(4,5)34(29)18-25)30-15-13-27(19-35(30)39(37,6)7)23(2)41-24(3)28-11-9-10-26-16-17-40-22-33(26)28/h9-22H,3,8H2,1-2,4-7H3/b41-23+. The molecule has 2 heteroatoms. The molecule has 5 aromatic rings. The number of fused-ring (bicyclic) bond motifs is 7. The third-order valence-corrected chi connectivity index (χ3v) is 9.66. The van der Waals surface area contributed by atoms with Crippen molar-refractivity contribution >= 4 is 22.2 Å². The van der Waals surface area contributed by atoms with Gasteiger partial charge >= 0.3 is 0 Å². The summed E-state index contributed by atoms with van der Waals surface area (Å²) in [6, 6.07) is 27.2. The molecule has 1 heterocycles. The number of benzene rings is 4. The van der Waals surface area contributed by atoms with E-state index < -0.39 is 0 Å². The zero-order valence-corrected chi connectivity index (χ0v) is 24.9. The van der Waals surface area contributed by atoms with Crippen LogP contribution in [-0.4, -0.2) is 10.7 Å². The summed E-state index contributed by atoms with van der Waals surface area (Å²) in [4.78, 5) is 9.32. The van der Waals surface area contributed by atoms with Crippen LogP contribution < -0.4 is 0 Å². The van der Waals surface area contributed by atoms with Gasteiger partial charge in [0.15, 0.2) is 0 Å². The predicted molar refractivity (Wildman–Crippen MR) is 174 cm³/mol. The largest absolute Gasteiger partial charge is 0.264 e. The second-order valence-electron chi connectivity index (χ2n) is 12.7. The number of nitrogens with zero attached hydrogens (tertiary/aromatic N) is 2. The Morgan fingerprint density at radius 1 is 0.756 bits per heavy atom. The van der Waals surface area contributed by atoms with Crippen LogP contribution in [0.2, 0.25) is 0 Å². The summed E-state index contributed by atoms with van der Waals surface area (Å²) in [6.07, 6.45) is 4.79. The molecule has 0 spiro atoms. The molecule has 7 rings (SSSR count). The fraction of sp³-hybridized carbons (Fsp3) is 0.231. The Kier molecular flexibility index (Phi) is 5.54. The molecule has 1 aromatic heterocycles. The molecule has 0 aliphatic heterocycles. The minimum Gasteiger partial charge on any atom is -0.264 e. The molecule has 0 bridgehead atoms. The molecule has 0 saturated carbocycles.